The Balaban J connectivity index is 1.76. The molecule has 1 aromatic carbocycles. The lowest BCUT2D eigenvalue weighted by molar-refractivity contribution is 0.287. The second-order valence-corrected chi connectivity index (χ2v) is 4.84. The summed E-state index contributed by atoms with van der Waals surface area (Å²) in [5.41, 5.74) is 0.919. The van der Waals surface area contributed by atoms with Crippen LogP contribution in [0.15, 0.2) is 30.5 Å². The van der Waals surface area contributed by atoms with Crippen LogP contribution in [0, 0.1) is 0 Å². The largest absolute Gasteiger partial charge is 0.494 e. The molecule has 0 spiro atoms. The number of ether oxygens (including phenoxy) is 2. The van der Waals surface area contributed by atoms with Gasteiger partial charge in [-0.3, -0.25) is 0 Å². The second kappa shape index (κ2) is 7.89. The molecule has 0 N–H and O–H groups in total. The van der Waals surface area contributed by atoms with Crippen molar-refractivity contribution in [3.63, 3.8) is 0 Å². The summed E-state index contributed by atoms with van der Waals surface area (Å²) < 4.78 is 12.9. The zero-order valence-corrected chi connectivity index (χ0v) is 13.0. The van der Waals surface area contributed by atoms with Gasteiger partial charge in [-0.2, -0.15) is 0 Å². The van der Waals surface area contributed by atoms with Crippen molar-refractivity contribution >= 4 is 15.9 Å². The SMILES string of the molecule is CCCOc1ccc(OCCn2cc(CBr)nn2)cc1. The van der Waals surface area contributed by atoms with Crippen molar-refractivity contribution < 1.29 is 9.47 Å². The first kappa shape index (κ1) is 14.8. The standard InChI is InChI=1S/C14H18BrN3O2/c1-2-8-19-13-3-5-14(6-4-13)20-9-7-18-11-12(10-15)16-17-18/h3-6,11H,2,7-10H2,1H3. The Labute approximate surface area is 127 Å². The molecule has 20 heavy (non-hydrogen) atoms. The van der Waals surface area contributed by atoms with Gasteiger partial charge in [0.25, 0.3) is 0 Å². The molecule has 0 aliphatic rings. The Bertz CT molecular complexity index is 513. The Hall–Kier alpha value is -1.56. The number of rotatable bonds is 8. The maximum absolute atomic E-state index is 5.66. The summed E-state index contributed by atoms with van der Waals surface area (Å²) in [4.78, 5) is 0. The fourth-order valence-electron chi connectivity index (χ4n) is 1.62. The average molecular weight is 340 g/mol. The van der Waals surface area contributed by atoms with Crippen LogP contribution < -0.4 is 9.47 Å². The summed E-state index contributed by atoms with van der Waals surface area (Å²) in [6.07, 6.45) is 2.91. The summed E-state index contributed by atoms with van der Waals surface area (Å²) in [5, 5.41) is 8.71. The molecule has 2 aromatic rings. The van der Waals surface area contributed by atoms with E-state index >= 15 is 0 Å². The molecule has 1 aromatic heterocycles. The van der Waals surface area contributed by atoms with Gasteiger partial charge in [0.15, 0.2) is 0 Å². The molecule has 0 saturated carbocycles. The van der Waals surface area contributed by atoms with Crippen LogP contribution in [0.5, 0.6) is 11.5 Å². The first-order valence-corrected chi connectivity index (χ1v) is 7.74. The van der Waals surface area contributed by atoms with E-state index < -0.39 is 0 Å². The van der Waals surface area contributed by atoms with Crippen LogP contribution in [0.2, 0.25) is 0 Å². The van der Waals surface area contributed by atoms with Crippen molar-refractivity contribution in [2.75, 3.05) is 13.2 Å². The summed E-state index contributed by atoms with van der Waals surface area (Å²) in [6, 6.07) is 7.67. The average Bonchev–Trinajstić information content (AvgIpc) is 2.94. The third kappa shape index (κ3) is 4.52. The van der Waals surface area contributed by atoms with Crippen molar-refractivity contribution in [1.82, 2.24) is 15.0 Å². The van der Waals surface area contributed by atoms with Gasteiger partial charge in [-0.15, -0.1) is 5.10 Å². The number of hydrogen-bond donors (Lipinski definition) is 0. The van der Waals surface area contributed by atoms with Crippen molar-refractivity contribution in [2.24, 2.45) is 0 Å². The van der Waals surface area contributed by atoms with E-state index in [2.05, 4.69) is 33.2 Å². The van der Waals surface area contributed by atoms with E-state index in [-0.39, 0.29) is 0 Å². The molecule has 6 heteroatoms. The molecule has 0 aliphatic carbocycles. The number of benzene rings is 1. The van der Waals surface area contributed by atoms with E-state index in [1.807, 2.05) is 30.5 Å². The highest BCUT2D eigenvalue weighted by Crippen LogP contribution is 2.17. The fourth-order valence-corrected chi connectivity index (χ4v) is 1.88. The lowest BCUT2D eigenvalue weighted by Crippen LogP contribution is -2.08. The van der Waals surface area contributed by atoms with Crippen molar-refractivity contribution in [3.8, 4) is 11.5 Å². The molecule has 1 heterocycles. The monoisotopic (exact) mass is 339 g/mol. The Morgan fingerprint density at radius 2 is 1.75 bits per heavy atom. The van der Waals surface area contributed by atoms with Gasteiger partial charge >= 0.3 is 0 Å². The zero-order valence-electron chi connectivity index (χ0n) is 11.5. The lowest BCUT2D eigenvalue weighted by atomic mass is 10.3. The van der Waals surface area contributed by atoms with Gasteiger partial charge < -0.3 is 9.47 Å². The van der Waals surface area contributed by atoms with E-state index in [0.717, 1.165) is 30.2 Å². The molecular formula is C14H18BrN3O2. The molecule has 108 valence electrons. The first-order chi connectivity index (χ1) is 9.81. The Morgan fingerprint density at radius 1 is 1.10 bits per heavy atom. The Kier molecular flexibility index (Phi) is 5.86. The summed E-state index contributed by atoms with van der Waals surface area (Å²) >= 11 is 3.34. The first-order valence-electron chi connectivity index (χ1n) is 6.62. The minimum absolute atomic E-state index is 0.556. The minimum Gasteiger partial charge on any atom is -0.494 e. The number of hydrogen-bond acceptors (Lipinski definition) is 4. The highest BCUT2D eigenvalue weighted by atomic mass is 79.9. The van der Waals surface area contributed by atoms with E-state index in [9.17, 15) is 0 Å². The van der Waals surface area contributed by atoms with Gasteiger partial charge in [0, 0.05) is 11.5 Å². The summed E-state index contributed by atoms with van der Waals surface area (Å²) in [5.74, 6) is 1.70. The topological polar surface area (TPSA) is 49.2 Å². The van der Waals surface area contributed by atoms with Gasteiger partial charge in [0.05, 0.1) is 18.8 Å². The predicted molar refractivity (Wildman–Crippen MR) is 80.4 cm³/mol. The van der Waals surface area contributed by atoms with Crippen molar-refractivity contribution in [2.45, 2.75) is 25.2 Å². The van der Waals surface area contributed by atoms with Crippen molar-refractivity contribution in [1.29, 1.82) is 0 Å². The van der Waals surface area contributed by atoms with Crippen LogP contribution in [0.3, 0.4) is 0 Å². The molecule has 0 atom stereocenters. The predicted octanol–water partition coefficient (Wildman–Crippen LogP) is 3.04. The van der Waals surface area contributed by atoms with E-state index in [1.165, 1.54) is 0 Å². The molecule has 5 nitrogen and oxygen atoms in total. The molecule has 0 aliphatic heterocycles. The van der Waals surface area contributed by atoms with Crippen LogP contribution in [-0.4, -0.2) is 28.2 Å². The van der Waals surface area contributed by atoms with Gasteiger partial charge in [-0.1, -0.05) is 28.1 Å². The summed E-state index contributed by atoms with van der Waals surface area (Å²) in [6.45, 7) is 4.05. The van der Waals surface area contributed by atoms with Crippen LogP contribution in [0.25, 0.3) is 0 Å². The van der Waals surface area contributed by atoms with Crippen LogP contribution >= 0.6 is 15.9 Å². The molecule has 0 unspecified atom stereocenters. The molecule has 2 rings (SSSR count). The maximum Gasteiger partial charge on any atom is 0.119 e. The molecule has 0 radical (unpaired) electrons. The van der Waals surface area contributed by atoms with Gasteiger partial charge in [0.2, 0.25) is 0 Å². The molecule has 0 bridgehead atoms. The highest BCUT2D eigenvalue weighted by molar-refractivity contribution is 9.08. The van der Waals surface area contributed by atoms with Gasteiger partial charge in [-0.05, 0) is 30.7 Å². The van der Waals surface area contributed by atoms with Crippen LogP contribution in [-0.2, 0) is 11.9 Å². The normalized spacial score (nSPS) is 10.5. The minimum atomic E-state index is 0.556. The lowest BCUT2D eigenvalue weighted by Gasteiger charge is -2.08. The van der Waals surface area contributed by atoms with Crippen LogP contribution in [0.4, 0.5) is 0 Å². The number of alkyl halides is 1. The molecule has 0 fully saturated rings. The van der Waals surface area contributed by atoms with Crippen LogP contribution in [0.1, 0.15) is 19.0 Å². The third-order valence-electron chi connectivity index (χ3n) is 2.61. The van der Waals surface area contributed by atoms with E-state index in [1.54, 1.807) is 4.68 Å². The Morgan fingerprint density at radius 3 is 2.30 bits per heavy atom. The molecule has 0 amide bonds. The zero-order chi connectivity index (χ0) is 14.2. The number of nitrogens with zero attached hydrogens (tertiary/aromatic N) is 3. The number of aromatic nitrogens is 3. The molecular weight excluding hydrogens is 322 g/mol. The third-order valence-corrected chi connectivity index (χ3v) is 3.18. The van der Waals surface area contributed by atoms with E-state index in [0.29, 0.717) is 18.5 Å². The fraction of sp³-hybridized carbons (Fsp3) is 0.429. The van der Waals surface area contributed by atoms with Crippen molar-refractivity contribution in [3.05, 3.63) is 36.2 Å². The van der Waals surface area contributed by atoms with Gasteiger partial charge in [0.1, 0.15) is 18.1 Å². The molecule has 0 saturated heterocycles. The van der Waals surface area contributed by atoms with E-state index in [4.69, 9.17) is 9.47 Å². The quantitative estimate of drug-likeness (QED) is 0.693. The van der Waals surface area contributed by atoms with Gasteiger partial charge in [-0.25, -0.2) is 4.68 Å². The smallest absolute Gasteiger partial charge is 0.119 e. The number of halogens is 1. The second-order valence-electron chi connectivity index (χ2n) is 4.27. The maximum atomic E-state index is 5.66. The highest BCUT2D eigenvalue weighted by Gasteiger charge is 2.00. The summed E-state index contributed by atoms with van der Waals surface area (Å²) in [7, 11) is 0.